The number of hydrogen-bond acceptors (Lipinski definition) is 3. The zero-order valence-corrected chi connectivity index (χ0v) is 9.79. The number of carbonyl (C=O) groups is 1. The van der Waals surface area contributed by atoms with Crippen LogP contribution in [0.5, 0.6) is 0 Å². The summed E-state index contributed by atoms with van der Waals surface area (Å²) >= 11 is 0. The van der Waals surface area contributed by atoms with Gasteiger partial charge in [-0.25, -0.2) is 0 Å². The van der Waals surface area contributed by atoms with E-state index in [9.17, 15) is 4.79 Å². The van der Waals surface area contributed by atoms with E-state index >= 15 is 0 Å². The molecule has 1 atom stereocenters. The lowest BCUT2D eigenvalue weighted by Crippen LogP contribution is -2.44. The topological polar surface area (TPSA) is 49.6 Å². The lowest BCUT2D eigenvalue weighted by molar-refractivity contribution is -0.132. The van der Waals surface area contributed by atoms with Crippen LogP contribution in [0.15, 0.2) is 0 Å². The largest absolute Gasteiger partial charge is 0.342 e. The Kier molecular flexibility index (Phi) is 6.49. The Labute approximate surface area is 87.0 Å². The fourth-order valence-electron chi connectivity index (χ4n) is 1.23. The van der Waals surface area contributed by atoms with E-state index in [4.69, 9.17) is 5.73 Å². The molecule has 14 heavy (non-hydrogen) atoms. The van der Waals surface area contributed by atoms with E-state index in [0.717, 1.165) is 13.1 Å². The number of nitrogens with two attached hydrogens (primary N) is 1. The van der Waals surface area contributed by atoms with Gasteiger partial charge in [0.1, 0.15) is 0 Å². The second-order valence-corrected chi connectivity index (χ2v) is 3.57. The van der Waals surface area contributed by atoms with Crippen molar-refractivity contribution < 1.29 is 4.79 Å². The standard InChI is InChI=1S/C10H23N3O/c1-5-13(6-2)10(14)8-12(4)9(3)7-11/h9H,5-8,11H2,1-4H3. The van der Waals surface area contributed by atoms with Gasteiger partial charge in [0.05, 0.1) is 6.54 Å². The number of carbonyl (C=O) groups excluding carboxylic acids is 1. The van der Waals surface area contributed by atoms with Gasteiger partial charge in [0.15, 0.2) is 0 Å². The fourth-order valence-corrected chi connectivity index (χ4v) is 1.23. The van der Waals surface area contributed by atoms with Gasteiger partial charge in [0.2, 0.25) is 5.91 Å². The Bertz CT molecular complexity index is 169. The highest BCUT2D eigenvalue weighted by molar-refractivity contribution is 5.78. The van der Waals surface area contributed by atoms with Gasteiger partial charge in [0, 0.05) is 25.7 Å². The first-order chi connectivity index (χ1) is 6.56. The third-order valence-corrected chi connectivity index (χ3v) is 2.59. The predicted octanol–water partition coefficient (Wildman–Crippen LogP) is 0.134. The summed E-state index contributed by atoms with van der Waals surface area (Å²) in [4.78, 5) is 15.5. The molecule has 0 fully saturated rings. The van der Waals surface area contributed by atoms with Crippen LogP contribution >= 0.6 is 0 Å². The Morgan fingerprint density at radius 1 is 1.36 bits per heavy atom. The summed E-state index contributed by atoms with van der Waals surface area (Å²) in [6, 6.07) is 0.259. The Balaban J connectivity index is 4.03. The molecule has 0 heterocycles. The van der Waals surface area contributed by atoms with Crippen LogP contribution in [0.1, 0.15) is 20.8 Å². The van der Waals surface area contributed by atoms with E-state index in [2.05, 4.69) is 0 Å². The molecule has 0 radical (unpaired) electrons. The Morgan fingerprint density at radius 3 is 2.21 bits per heavy atom. The average molecular weight is 201 g/mol. The molecule has 0 rings (SSSR count). The highest BCUT2D eigenvalue weighted by Crippen LogP contribution is 1.96. The van der Waals surface area contributed by atoms with Gasteiger partial charge in [-0.2, -0.15) is 0 Å². The van der Waals surface area contributed by atoms with Gasteiger partial charge >= 0.3 is 0 Å². The van der Waals surface area contributed by atoms with Crippen molar-refractivity contribution in [1.82, 2.24) is 9.80 Å². The minimum atomic E-state index is 0.179. The molecule has 0 aliphatic carbocycles. The molecule has 2 N–H and O–H groups in total. The van der Waals surface area contributed by atoms with Crippen molar-refractivity contribution in [2.24, 2.45) is 5.73 Å². The second-order valence-electron chi connectivity index (χ2n) is 3.57. The van der Waals surface area contributed by atoms with Crippen molar-refractivity contribution in [2.75, 3.05) is 33.2 Å². The molecular weight excluding hydrogens is 178 g/mol. The van der Waals surface area contributed by atoms with Gasteiger partial charge in [-0.05, 0) is 27.8 Å². The molecule has 84 valence electrons. The first kappa shape index (κ1) is 13.4. The normalized spacial score (nSPS) is 13.0. The molecule has 1 unspecified atom stereocenters. The molecule has 4 nitrogen and oxygen atoms in total. The lowest BCUT2D eigenvalue weighted by atomic mass is 10.3. The van der Waals surface area contributed by atoms with E-state index in [-0.39, 0.29) is 11.9 Å². The number of likely N-dealkylation sites (N-methyl/N-ethyl adjacent to an activating group) is 2. The van der Waals surface area contributed by atoms with E-state index in [0.29, 0.717) is 13.1 Å². The second kappa shape index (κ2) is 6.79. The SMILES string of the molecule is CCN(CC)C(=O)CN(C)C(C)CN. The summed E-state index contributed by atoms with van der Waals surface area (Å²) in [5, 5.41) is 0. The molecule has 0 aromatic carbocycles. The minimum absolute atomic E-state index is 0.179. The van der Waals surface area contributed by atoms with Crippen LogP contribution in [0.3, 0.4) is 0 Å². The van der Waals surface area contributed by atoms with E-state index in [1.807, 2.05) is 37.6 Å². The average Bonchev–Trinajstić information content (AvgIpc) is 2.18. The highest BCUT2D eigenvalue weighted by Gasteiger charge is 2.15. The highest BCUT2D eigenvalue weighted by atomic mass is 16.2. The lowest BCUT2D eigenvalue weighted by Gasteiger charge is -2.26. The Morgan fingerprint density at radius 2 is 1.86 bits per heavy atom. The molecule has 0 bridgehead atoms. The molecule has 1 amide bonds. The van der Waals surface area contributed by atoms with Crippen molar-refractivity contribution in [2.45, 2.75) is 26.8 Å². The van der Waals surface area contributed by atoms with Gasteiger partial charge in [-0.1, -0.05) is 0 Å². The molecule has 0 aliphatic heterocycles. The Hall–Kier alpha value is -0.610. The van der Waals surface area contributed by atoms with Crippen molar-refractivity contribution in [3.63, 3.8) is 0 Å². The fraction of sp³-hybridized carbons (Fsp3) is 0.900. The van der Waals surface area contributed by atoms with Crippen LogP contribution in [-0.4, -0.2) is 55.0 Å². The molecule has 4 heteroatoms. The zero-order valence-electron chi connectivity index (χ0n) is 9.79. The summed E-state index contributed by atoms with van der Waals surface area (Å²) in [5.41, 5.74) is 5.52. The quantitative estimate of drug-likeness (QED) is 0.665. The molecule has 0 aliphatic rings. The summed E-state index contributed by atoms with van der Waals surface area (Å²) in [6.45, 7) is 8.61. The van der Waals surface area contributed by atoms with Crippen molar-refractivity contribution in [1.29, 1.82) is 0 Å². The monoisotopic (exact) mass is 201 g/mol. The van der Waals surface area contributed by atoms with Gasteiger partial charge in [-0.15, -0.1) is 0 Å². The smallest absolute Gasteiger partial charge is 0.236 e. The van der Waals surface area contributed by atoms with E-state index in [1.54, 1.807) is 0 Å². The summed E-state index contributed by atoms with van der Waals surface area (Å²) in [7, 11) is 1.93. The van der Waals surface area contributed by atoms with Crippen molar-refractivity contribution in [3.05, 3.63) is 0 Å². The van der Waals surface area contributed by atoms with Crippen molar-refractivity contribution >= 4 is 5.91 Å². The van der Waals surface area contributed by atoms with Crippen LogP contribution in [0, 0.1) is 0 Å². The van der Waals surface area contributed by atoms with Crippen LogP contribution in [0.2, 0.25) is 0 Å². The predicted molar refractivity (Wildman–Crippen MR) is 59.1 cm³/mol. The molecule has 0 spiro atoms. The summed E-state index contributed by atoms with van der Waals surface area (Å²) < 4.78 is 0. The number of hydrogen-bond donors (Lipinski definition) is 1. The van der Waals surface area contributed by atoms with E-state index in [1.165, 1.54) is 0 Å². The molecular formula is C10H23N3O. The first-order valence-electron chi connectivity index (χ1n) is 5.24. The molecule has 0 saturated heterocycles. The van der Waals surface area contributed by atoms with Gasteiger partial charge in [-0.3, -0.25) is 9.69 Å². The molecule has 0 saturated carbocycles. The first-order valence-corrected chi connectivity index (χ1v) is 5.24. The zero-order chi connectivity index (χ0) is 11.1. The maximum absolute atomic E-state index is 11.7. The number of nitrogens with zero attached hydrogens (tertiary/aromatic N) is 2. The van der Waals surface area contributed by atoms with Crippen LogP contribution < -0.4 is 5.73 Å². The maximum Gasteiger partial charge on any atom is 0.236 e. The van der Waals surface area contributed by atoms with Crippen molar-refractivity contribution in [3.8, 4) is 0 Å². The third-order valence-electron chi connectivity index (χ3n) is 2.59. The number of amides is 1. The van der Waals surface area contributed by atoms with Gasteiger partial charge in [0.25, 0.3) is 0 Å². The number of rotatable bonds is 6. The van der Waals surface area contributed by atoms with Gasteiger partial charge < -0.3 is 10.6 Å². The van der Waals surface area contributed by atoms with E-state index < -0.39 is 0 Å². The summed E-state index contributed by atoms with van der Waals surface area (Å²) in [5.74, 6) is 0.179. The van der Waals surface area contributed by atoms with Crippen LogP contribution in [0.25, 0.3) is 0 Å². The minimum Gasteiger partial charge on any atom is -0.342 e. The molecule has 0 aromatic heterocycles. The van der Waals surface area contributed by atoms with Crippen LogP contribution in [0.4, 0.5) is 0 Å². The summed E-state index contributed by atoms with van der Waals surface area (Å²) in [6.07, 6.45) is 0. The van der Waals surface area contributed by atoms with Crippen LogP contribution in [-0.2, 0) is 4.79 Å². The molecule has 0 aromatic rings. The maximum atomic E-state index is 11.7. The third kappa shape index (κ3) is 4.07.